The summed E-state index contributed by atoms with van der Waals surface area (Å²) in [6.07, 6.45) is 2.98. The molecular weight excluding hydrogens is 258 g/mol. The van der Waals surface area contributed by atoms with E-state index in [4.69, 9.17) is 9.16 Å². The molecule has 2 heterocycles. The Balaban J connectivity index is 2.08. The molecule has 0 aromatic carbocycles. The largest absolute Gasteiger partial charge is 0.462 e. The fraction of sp³-hybridized carbons (Fsp3) is 0.929. The summed E-state index contributed by atoms with van der Waals surface area (Å²) < 4.78 is 11.7. The van der Waals surface area contributed by atoms with Gasteiger partial charge in [0, 0.05) is 13.0 Å². The molecule has 2 rings (SSSR count). The summed E-state index contributed by atoms with van der Waals surface area (Å²) in [7, 11) is -1.55. The first kappa shape index (κ1) is 15.0. The molecule has 0 aliphatic carbocycles. The van der Waals surface area contributed by atoms with Crippen molar-refractivity contribution in [1.82, 2.24) is 4.90 Å². The molecule has 0 unspecified atom stereocenters. The van der Waals surface area contributed by atoms with Gasteiger partial charge in [-0.1, -0.05) is 0 Å². The Bertz CT molecular complexity index is 353. The molecule has 2 atom stereocenters. The van der Waals surface area contributed by atoms with Crippen molar-refractivity contribution in [2.75, 3.05) is 13.1 Å². The minimum atomic E-state index is -1.55. The first-order chi connectivity index (χ1) is 8.73. The SMILES string of the molecule is CC(C)OC(=O)[C@@]12CCCN1C[C@@H](O[Si](C)(C)C)C2. The molecule has 4 nitrogen and oxygen atoms in total. The van der Waals surface area contributed by atoms with Gasteiger partial charge in [-0.15, -0.1) is 0 Å². The minimum absolute atomic E-state index is 0.0401. The van der Waals surface area contributed by atoms with Gasteiger partial charge in [0.1, 0.15) is 5.54 Å². The van der Waals surface area contributed by atoms with Crippen molar-refractivity contribution in [3.63, 3.8) is 0 Å². The van der Waals surface area contributed by atoms with E-state index in [9.17, 15) is 4.79 Å². The van der Waals surface area contributed by atoms with Gasteiger partial charge in [-0.2, -0.15) is 0 Å². The number of carbonyl (C=O) groups is 1. The highest BCUT2D eigenvalue weighted by Crippen LogP contribution is 2.41. The quantitative estimate of drug-likeness (QED) is 0.587. The van der Waals surface area contributed by atoms with Gasteiger partial charge in [-0.3, -0.25) is 9.69 Å². The Morgan fingerprint density at radius 3 is 2.63 bits per heavy atom. The van der Waals surface area contributed by atoms with Crippen LogP contribution in [-0.4, -0.2) is 50.0 Å². The number of esters is 1. The summed E-state index contributed by atoms with van der Waals surface area (Å²) in [6, 6.07) is 0. The zero-order valence-corrected chi connectivity index (χ0v) is 13.9. The lowest BCUT2D eigenvalue weighted by atomic mass is 9.93. The molecule has 0 saturated carbocycles. The summed E-state index contributed by atoms with van der Waals surface area (Å²) in [4.78, 5) is 14.8. The maximum Gasteiger partial charge on any atom is 0.326 e. The minimum Gasteiger partial charge on any atom is -0.462 e. The molecule has 0 amide bonds. The normalized spacial score (nSPS) is 31.8. The Morgan fingerprint density at radius 1 is 1.37 bits per heavy atom. The van der Waals surface area contributed by atoms with Gasteiger partial charge >= 0.3 is 5.97 Å². The molecule has 5 heteroatoms. The van der Waals surface area contributed by atoms with Crippen LogP contribution in [0.4, 0.5) is 0 Å². The number of hydrogen-bond donors (Lipinski definition) is 0. The number of hydrogen-bond acceptors (Lipinski definition) is 4. The fourth-order valence-corrected chi connectivity index (χ4v) is 4.49. The van der Waals surface area contributed by atoms with Gasteiger partial charge in [0.15, 0.2) is 8.32 Å². The van der Waals surface area contributed by atoms with Crippen LogP contribution in [0, 0.1) is 0 Å². The van der Waals surface area contributed by atoms with Crippen LogP contribution < -0.4 is 0 Å². The topological polar surface area (TPSA) is 38.8 Å². The summed E-state index contributed by atoms with van der Waals surface area (Å²) in [5.41, 5.74) is -0.394. The maximum atomic E-state index is 12.5. The van der Waals surface area contributed by atoms with Gasteiger partial charge < -0.3 is 9.16 Å². The number of fused-ring (bicyclic) bond motifs is 1. The van der Waals surface area contributed by atoms with Crippen molar-refractivity contribution in [2.24, 2.45) is 0 Å². The third kappa shape index (κ3) is 3.20. The van der Waals surface area contributed by atoms with Crippen molar-refractivity contribution in [3.05, 3.63) is 0 Å². The smallest absolute Gasteiger partial charge is 0.326 e. The molecule has 0 aromatic rings. The van der Waals surface area contributed by atoms with E-state index in [2.05, 4.69) is 24.5 Å². The first-order valence-electron chi connectivity index (χ1n) is 7.37. The van der Waals surface area contributed by atoms with E-state index in [0.29, 0.717) is 0 Å². The first-order valence-corrected chi connectivity index (χ1v) is 10.8. The Hall–Kier alpha value is -0.393. The van der Waals surface area contributed by atoms with Crippen molar-refractivity contribution >= 4 is 14.3 Å². The van der Waals surface area contributed by atoms with Gasteiger partial charge in [0.2, 0.25) is 0 Å². The average Bonchev–Trinajstić information content (AvgIpc) is 2.70. The third-order valence-corrected chi connectivity index (χ3v) is 4.90. The zero-order valence-electron chi connectivity index (χ0n) is 12.9. The van der Waals surface area contributed by atoms with Crippen molar-refractivity contribution in [2.45, 2.75) is 70.5 Å². The molecule has 2 saturated heterocycles. The van der Waals surface area contributed by atoms with Gasteiger partial charge in [0.25, 0.3) is 0 Å². The lowest BCUT2D eigenvalue weighted by Gasteiger charge is -2.30. The van der Waals surface area contributed by atoms with Crippen LogP contribution in [0.1, 0.15) is 33.1 Å². The Kier molecular flexibility index (Phi) is 4.09. The van der Waals surface area contributed by atoms with E-state index in [1.165, 1.54) is 0 Å². The lowest BCUT2D eigenvalue weighted by Crippen LogP contribution is -2.47. The predicted molar refractivity (Wildman–Crippen MR) is 77.6 cm³/mol. The van der Waals surface area contributed by atoms with Crippen LogP contribution in [0.2, 0.25) is 19.6 Å². The van der Waals surface area contributed by atoms with Crippen molar-refractivity contribution < 1.29 is 14.0 Å². The highest BCUT2D eigenvalue weighted by Gasteiger charge is 2.55. The second kappa shape index (κ2) is 5.18. The highest BCUT2D eigenvalue weighted by atomic mass is 28.4. The van der Waals surface area contributed by atoms with Crippen LogP contribution >= 0.6 is 0 Å². The molecule has 0 aromatic heterocycles. The van der Waals surface area contributed by atoms with E-state index < -0.39 is 13.9 Å². The van der Waals surface area contributed by atoms with Gasteiger partial charge in [-0.05, 0) is 52.9 Å². The second-order valence-electron chi connectivity index (χ2n) is 7.09. The lowest BCUT2D eigenvalue weighted by molar-refractivity contribution is -0.159. The summed E-state index contributed by atoms with van der Waals surface area (Å²) in [5.74, 6) is -0.0401. The number of nitrogens with zero attached hydrogens (tertiary/aromatic N) is 1. The zero-order chi connectivity index (χ0) is 14.3. The summed E-state index contributed by atoms with van der Waals surface area (Å²) in [6.45, 7) is 12.3. The predicted octanol–water partition coefficient (Wildman–Crippen LogP) is 2.40. The molecular formula is C14H27NO3Si. The molecule has 2 aliphatic heterocycles. The van der Waals surface area contributed by atoms with Crippen LogP contribution in [0.5, 0.6) is 0 Å². The molecule has 2 fully saturated rings. The van der Waals surface area contributed by atoms with E-state index in [0.717, 1.165) is 32.4 Å². The van der Waals surface area contributed by atoms with E-state index in [1.54, 1.807) is 0 Å². The average molecular weight is 285 g/mol. The van der Waals surface area contributed by atoms with Crippen molar-refractivity contribution in [1.29, 1.82) is 0 Å². The number of carbonyl (C=O) groups excluding carboxylic acids is 1. The van der Waals surface area contributed by atoms with E-state index >= 15 is 0 Å². The Morgan fingerprint density at radius 2 is 2.05 bits per heavy atom. The third-order valence-electron chi connectivity index (χ3n) is 3.86. The molecule has 0 N–H and O–H groups in total. The van der Waals surface area contributed by atoms with Crippen molar-refractivity contribution in [3.8, 4) is 0 Å². The summed E-state index contributed by atoms with van der Waals surface area (Å²) >= 11 is 0. The highest BCUT2D eigenvalue weighted by molar-refractivity contribution is 6.69. The molecule has 0 radical (unpaired) electrons. The number of ether oxygens (including phenoxy) is 1. The monoisotopic (exact) mass is 285 g/mol. The van der Waals surface area contributed by atoms with Gasteiger partial charge in [-0.25, -0.2) is 0 Å². The van der Waals surface area contributed by atoms with E-state index in [1.807, 2.05) is 13.8 Å². The second-order valence-corrected chi connectivity index (χ2v) is 11.6. The molecule has 0 bridgehead atoms. The molecule has 110 valence electrons. The van der Waals surface area contributed by atoms with Crippen LogP contribution in [0.3, 0.4) is 0 Å². The fourth-order valence-electron chi connectivity index (χ4n) is 3.34. The molecule has 0 spiro atoms. The van der Waals surface area contributed by atoms with Crippen LogP contribution in [-0.2, 0) is 14.0 Å². The van der Waals surface area contributed by atoms with E-state index in [-0.39, 0.29) is 18.2 Å². The molecule has 2 aliphatic rings. The Labute approximate surface area is 117 Å². The number of rotatable bonds is 4. The van der Waals surface area contributed by atoms with Gasteiger partial charge in [0.05, 0.1) is 12.2 Å². The van der Waals surface area contributed by atoms with Crippen LogP contribution in [0.15, 0.2) is 0 Å². The maximum absolute atomic E-state index is 12.5. The summed E-state index contributed by atoms with van der Waals surface area (Å²) in [5, 5.41) is 0. The van der Waals surface area contributed by atoms with Crippen LogP contribution in [0.25, 0.3) is 0 Å². The molecule has 19 heavy (non-hydrogen) atoms. The standard InChI is InChI=1S/C14H27NO3Si/c1-11(2)17-13(16)14-7-6-8-15(14)10-12(9-14)18-19(3,4)5/h11-12H,6-10H2,1-5H3/t12-,14-/m0/s1.